The van der Waals surface area contributed by atoms with Crippen molar-refractivity contribution in [3.8, 4) is 0 Å². The number of aliphatic hydroxyl groups is 2. The van der Waals surface area contributed by atoms with E-state index >= 15 is 0 Å². The van der Waals surface area contributed by atoms with E-state index in [0.717, 1.165) is 11.1 Å². The molecule has 0 spiro atoms. The van der Waals surface area contributed by atoms with Gasteiger partial charge in [0.15, 0.2) is 10.1 Å². The fraction of sp³-hybridized carbons (Fsp3) is 0.125. The van der Waals surface area contributed by atoms with Crippen LogP contribution in [0.25, 0.3) is 6.08 Å². The molecular formula is C16H14O2S2. The molecule has 0 saturated heterocycles. The van der Waals surface area contributed by atoms with Crippen LogP contribution in [0.2, 0.25) is 0 Å². The van der Waals surface area contributed by atoms with Crippen molar-refractivity contribution in [1.82, 2.24) is 0 Å². The number of allylic oxidation sites excluding steroid dienone is 4. The first-order valence-electron chi connectivity index (χ1n) is 6.14. The summed E-state index contributed by atoms with van der Waals surface area (Å²) in [5.74, 6) is 0. The van der Waals surface area contributed by atoms with Gasteiger partial charge in [0.1, 0.15) is 5.41 Å². The molecule has 2 rings (SSSR count). The number of aliphatic hydroxyl groups excluding tert-OH is 2. The topological polar surface area (TPSA) is 40.5 Å². The molecule has 0 heterocycles. The second kappa shape index (κ2) is 6.11. The Kier molecular flexibility index (Phi) is 4.47. The quantitative estimate of drug-likeness (QED) is 0.812. The maximum atomic E-state index is 9.58. The molecule has 0 bridgehead atoms. The molecule has 20 heavy (non-hydrogen) atoms. The molecule has 0 saturated carbocycles. The van der Waals surface area contributed by atoms with E-state index in [9.17, 15) is 10.2 Å². The van der Waals surface area contributed by atoms with Gasteiger partial charge in [-0.15, -0.1) is 0 Å². The number of hydrogen-bond donors (Lipinski definition) is 2. The molecule has 0 aliphatic heterocycles. The molecule has 0 aromatic heterocycles. The van der Waals surface area contributed by atoms with Crippen molar-refractivity contribution in [2.75, 3.05) is 0 Å². The summed E-state index contributed by atoms with van der Waals surface area (Å²) < 4.78 is 0. The highest BCUT2D eigenvalue weighted by molar-refractivity contribution is 7.81. The lowest BCUT2D eigenvalue weighted by molar-refractivity contribution is 0.440. The van der Waals surface area contributed by atoms with Crippen molar-refractivity contribution in [3.05, 3.63) is 65.8 Å². The molecule has 0 fully saturated rings. The van der Waals surface area contributed by atoms with Gasteiger partial charge in [-0.05, 0) is 42.0 Å². The van der Waals surface area contributed by atoms with E-state index in [0.29, 0.717) is 6.42 Å². The molecule has 1 aromatic carbocycles. The SMILES string of the molecule is OC(=S)C1(C(O)=S)C=CC(C=Cc2ccccc2)=CC1. The average molecular weight is 302 g/mol. The zero-order valence-corrected chi connectivity index (χ0v) is 12.3. The van der Waals surface area contributed by atoms with E-state index in [-0.39, 0.29) is 10.1 Å². The Hall–Kier alpha value is -1.78. The van der Waals surface area contributed by atoms with Crippen molar-refractivity contribution in [2.24, 2.45) is 5.41 Å². The van der Waals surface area contributed by atoms with Crippen LogP contribution in [0.1, 0.15) is 12.0 Å². The highest BCUT2D eigenvalue weighted by atomic mass is 32.1. The van der Waals surface area contributed by atoms with Crippen molar-refractivity contribution in [3.63, 3.8) is 0 Å². The Labute approximate surface area is 128 Å². The molecule has 0 amide bonds. The van der Waals surface area contributed by atoms with Crippen LogP contribution in [0.4, 0.5) is 0 Å². The third-order valence-electron chi connectivity index (χ3n) is 3.25. The minimum absolute atomic E-state index is 0.302. The molecule has 2 nitrogen and oxygen atoms in total. The summed E-state index contributed by atoms with van der Waals surface area (Å²) >= 11 is 9.59. The van der Waals surface area contributed by atoms with Gasteiger partial charge >= 0.3 is 0 Å². The number of rotatable bonds is 4. The van der Waals surface area contributed by atoms with Crippen LogP contribution < -0.4 is 0 Å². The van der Waals surface area contributed by atoms with Crippen LogP contribution in [-0.2, 0) is 0 Å². The minimum Gasteiger partial charge on any atom is -0.501 e. The fourth-order valence-electron chi connectivity index (χ4n) is 1.94. The Bertz CT molecular complexity index is 599. The first-order chi connectivity index (χ1) is 9.54. The molecule has 1 aliphatic carbocycles. The van der Waals surface area contributed by atoms with Gasteiger partial charge in [0.2, 0.25) is 0 Å². The van der Waals surface area contributed by atoms with Crippen LogP contribution in [-0.4, -0.2) is 20.3 Å². The molecule has 0 radical (unpaired) electrons. The van der Waals surface area contributed by atoms with E-state index in [1.807, 2.05) is 48.6 Å². The molecular weight excluding hydrogens is 288 g/mol. The Morgan fingerprint density at radius 1 is 1.05 bits per heavy atom. The smallest absolute Gasteiger partial charge is 0.175 e. The standard InChI is InChI=1S/C16H14O2S2/c17-14(19)16(15(18)20)10-8-13(9-11-16)7-6-12-4-2-1-3-5-12/h1-10H,11H2,(H,17,19)(H,18,20). The van der Waals surface area contributed by atoms with Gasteiger partial charge in [-0.1, -0.05) is 60.7 Å². The zero-order valence-electron chi connectivity index (χ0n) is 10.7. The van der Waals surface area contributed by atoms with Gasteiger partial charge in [0, 0.05) is 0 Å². The van der Waals surface area contributed by atoms with Crippen LogP contribution in [0.5, 0.6) is 0 Å². The van der Waals surface area contributed by atoms with Gasteiger partial charge < -0.3 is 10.2 Å². The average Bonchev–Trinajstić information content (AvgIpc) is 2.46. The predicted molar refractivity (Wildman–Crippen MR) is 90.2 cm³/mol. The van der Waals surface area contributed by atoms with E-state index in [4.69, 9.17) is 24.4 Å². The first kappa shape index (κ1) is 14.6. The second-order valence-electron chi connectivity index (χ2n) is 4.57. The maximum absolute atomic E-state index is 9.58. The summed E-state index contributed by atoms with van der Waals surface area (Å²) in [6.07, 6.45) is 9.68. The number of hydrogen-bond acceptors (Lipinski definition) is 2. The van der Waals surface area contributed by atoms with Crippen LogP contribution in [0.15, 0.2) is 60.2 Å². The van der Waals surface area contributed by atoms with E-state index < -0.39 is 5.41 Å². The molecule has 2 N–H and O–H groups in total. The molecule has 4 heteroatoms. The lowest BCUT2D eigenvalue weighted by Crippen LogP contribution is -2.35. The molecule has 1 aromatic rings. The molecule has 102 valence electrons. The summed E-state index contributed by atoms with van der Waals surface area (Å²) in [4.78, 5) is 0. The van der Waals surface area contributed by atoms with Gasteiger partial charge in [-0.25, -0.2) is 0 Å². The summed E-state index contributed by atoms with van der Waals surface area (Å²) in [5, 5.41) is 18.6. The Morgan fingerprint density at radius 3 is 2.20 bits per heavy atom. The van der Waals surface area contributed by atoms with Gasteiger partial charge in [0.25, 0.3) is 0 Å². The molecule has 0 atom stereocenters. The monoisotopic (exact) mass is 302 g/mol. The van der Waals surface area contributed by atoms with Crippen molar-refractivity contribution >= 4 is 40.6 Å². The van der Waals surface area contributed by atoms with Gasteiger partial charge in [-0.2, -0.15) is 0 Å². The largest absolute Gasteiger partial charge is 0.501 e. The summed E-state index contributed by atoms with van der Waals surface area (Å²) in [6.45, 7) is 0. The second-order valence-corrected chi connectivity index (χ2v) is 5.34. The van der Waals surface area contributed by atoms with Crippen LogP contribution in [0, 0.1) is 5.41 Å². The molecule has 1 aliphatic rings. The summed E-state index contributed by atoms with van der Waals surface area (Å²) in [5.41, 5.74) is 0.986. The Morgan fingerprint density at radius 2 is 1.70 bits per heavy atom. The number of benzene rings is 1. The van der Waals surface area contributed by atoms with E-state index in [1.165, 1.54) is 0 Å². The van der Waals surface area contributed by atoms with E-state index in [2.05, 4.69) is 0 Å². The third-order valence-corrected chi connectivity index (χ3v) is 3.98. The first-order valence-corrected chi connectivity index (χ1v) is 6.95. The summed E-state index contributed by atoms with van der Waals surface area (Å²) in [7, 11) is 0. The fourth-order valence-corrected chi connectivity index (χ4v) is 2.50. The van der Waals surface area contributed by atoms with Crippen molar-refractivity contribution in [1.29, 1.82) is 0 Å². The van der Waals surface area contributed by atoms with Crippen LogP contribution in [0.3, 0.4) is 0 Å². The van der Waals surface area contributed by atoms with Crippen molar-refractivity contribution < 1.29 is 10.2 Å². The highest BCUT2D eigenvalue weighted by Gasteiger charge is 2.38. The zero-order chi connectivity index (χ0) is 14.6. The van der Waals surface area contributed by atoms with Gasteiger partial charge in [0.05, 0.1) is 0 Å². The highest BCUT2D eigenvalue weighted by Crippen LogP contribution is 2.32. The van der Waals surface area contributed by atoms with E-state index in [1.54, 1.807) is 12.2 Å². The van der Waals surface area contributed by atoms with Crippen LogP contribution >= 0.6 is 24.4 Å². The third kappa shape index (κ3) is 3.03. The maximum Gasteiger partial charge on any atom is 0.175 e. The van der Waals surface area contributed by atoms with Crippen molar-refractivity contribution in [2.45, 2.75) is 6.42 Å². The normalized spacial score (nSPS) is 16.9. The Balaban J connectivity index is 2.15. The minimum atomic E-state index is -1.10. The lowest BCUT2D eigenvalue weighted by atomic mass is 9.81. The number of thiocarbonyl (C=S) groups is 2. The van der Waals surface area contributed by atoms with Gasteiger partial charge in [-0.3, -0.25) is 0 Å². The molecule has 0 unspecified atom stereocenters. The summed E-state index contributed by atoms with van der Waals surface area (Å²) in [6, 6.07) is 9.95. The lowest BCUT2D eigenvalue weighted by Gasteiger charge is -2.27. The predicted octanol–water partition coefficient (Wildman–Crippen LogP) is 4.34.